The summed E-state index contributed by atoms with van der Waals surface area (Å²) in [6, 6.07) is 0. The number of fused-ring (bicyclic) bond motifs is 4. The van der Waals surface area contributed by atoms with E-state index in [9.17, 15) is 36.0 Å². The van der Waals surface area contributed by atoms with E-state index in [0.29, 0.717) is 0 Å². The van der Waals surface area contributed by atoms with E-state index in [4.69, 9.17) is 0 Å². The minimum absolute atomic E-state index is 0.0566. The fraction of sp³-hybridized carbons (Fsp3) is 0.667. The van der Waals surface area contributed by atoms with Gasteiger partial charge < -0.3 is 0 Å². The van der Waals surface area contributed by atoms with E-state index in [0.717, 1.165) is 0 Å². The molecule has 0 aromatic carbocycles. The molecule has 0 unspecified atom stereocenters. The highest BCUT2D eigenvalue weighted by atomic mass is 32.2. The molecule has 0 radical (unpaired) electrons. The lowest BCUT2D eigenvalue weighted by Gasteiger charge is -2.35. The standard InChI is InChI=1S/C12H14N2O10S2/c1-3-25(19,20)23-13-9(15)5-6(10(13)16)8-7(5)11(17)14(12(8)18)24-26(21,22)4-2/h5-8H,3-4H2,1-2H3. The highest BCUT2D eigenvalue weighted by Crippen LogP contribution is 2.56. The molecule has 1 saturated carbocycles. The summed E-state index contributed by atoms with van der Waals surface area (Å²) >= 11 is 0. The molecule has 0 N–H and O–H groups in total. The van der Waals surface area contributed by atoms with E-state index in [1.165, 1.54) is 13.8 Å². The van der Waals surface area contributed by atoms with Crippen molar-refractivity contribution in [2.45, 2.75) is 13.8 Å². The quantitative estimate of drug-likeness (QED) is 0.438. The van der Waals surface area contributed by atoms with Gasteiger partial charge in [0.05, 0.1) is 35.2 Å². The predicted octanol–water partition coefficient (Wildman–Crippen LogP) is -2.23. The summed E-state index contributed by atoms with van der Waals surface area (Å²) in [6.45, 7) is 2.47. The van der Waals surface area contributed by atoms with E-state index in [-0.39, 0.29) is 10.1 Å². The number of rotatable bonds is 6. The first kappa shape index (κ1) is 18.9. The van der Waals surface area contributed by atoms with Gasteiger partial charge in [0.1, 0.15) is 0 Å². The second-order valence-corrected chi connectivity index (χ2v) is 9.57. The Balaban J connectivity index is 1.86. The molecule has 2 aliphatic heterocycles. The summed E-state index contributed by atoms with van der Waals surface area (Å²) in [5.74, 6) is -10.5. The van der Waals surface area contributed by atoms with Crippen molar-refractivity contribution in [3.05, 3.63) is 0 Å². The molecule has 0 aromatic heterocycles. The van der Waals surface area contributed by atoms with Crippen molar-refractivity contribution < 1.29 is 44.6 Å². The third-order valence-electron chi connectivity index (χ3n) is 4.57. The van der Waals surface area contributed by atoms with Crippen molar-refractivity contribution >= 4 is 43.9 Å². The van der Waals surface area contributed by atoms with Gasteiger partial charge in [-0.15, -0.1) is 18.7 Å². The topological polar surface area (TPSA) is 161 Å². The van der Waals surface area contributed by atoms with Crippen LogP contribution in [0.15, 0.2) is 0 Å². The van der Waals surface area contributed by atoms with Gasteiger partial charge in [-0.05, 0) is 13.8 Å². The smallest absolute Gasteiger partial charge is 0.272 e. The molecule has 144 valence electrons. The molecule has 2 saturated heterocycles. The van der Waals surface area contributed by atoms with Gasteiger partial charge in [-0.2, -0.15) is 16.8 Å². The first-order chi connectivity index (χ1) is 12.0. The van der Waals surface area contributed by atoms with Crippen LogP contribution in [0.5, 0.6) is 0 Å². The second kappa shape index (κ2) is 5.80. The highest BCUT2D eigenvalue weighted by Gasteiger charge is 2.75. The summed E-state index contributed by atoms with van der Waals surface area (Å²) in [5.41, 5.74) is 0. The molecule has 3 aliphatic rings. The van der Waals surface area contributed by atoms with Crippen molar-refractivity contribution in [2.24, 2.45) is 23.7 Å². The Labute approximate surface area is 148 Å². The van der Waals surface area contributed by atoms with Crippen LogP contribution in [-0.4, -0.2) is 62.1 Å². The van der Waals surface area contributed by atoms with Crippen LogP contribution < -0.4 is 0 Å². The summed E-state index contributed by atoms with van der Waals surface area (Å²) in [6.07, 6.45) is 0. The van der Waals surface area contributed by atoms with E-state index < -0.39 is 79.0 Å². The molecule has 0 atom stereocenters. The second-order valence-electron chi connectivity index (χ2n) is 5.89. The average molecular weight is 410 g/mol. The van der Waals surface area contributed by atoms with Crippen molar-refractivity contribution in [1.82, 2.24) is 10.1 Å². The third-order valence-corrected chi connectivity index (χ3v) is 6.74. The number of hydrogen-bond donors (Lipinski definition) is 0. The van der Waals surface area contributed by atoms with E-state index in [1.807, 2.05) is 0 Å². The molecule has 26 heavy (non-hydrogen) atoms. The summed E-state index contributed by atoms with van der Waals surface area (Å²) in [5, 5.41) is 0.113. The first-order valence-corrected chi connectivity index (χ1v) is 10.7. The van der Waals surface area contributed by atoms with Gasteiger partial charge >= 0.3 is 0 Å². The zero-order valence-corrected chi connectivity index (χ0v) is 15.2. The number of amides is 4. The van der Waals surface area contributed by atoms with Crippen molar-refractivity contribution in [2.75, 3.05) is 11.5 Å². The Morgan fingerprint density at radius 2 is 0.885 bits per heavy atom. The number of hydroxylamine groups is 4. The molecule has 1 aliphatic carbocycles. The Morgan fingerprint density at radius 1 is 0.654 bits per heavy atom. The largest absolute Gasteiger partial charge is 0.288 e. The summed E-state index contributed by atoms with van der Waals surface area (Å²) in [4.78, 5) is 49.2. The molecular weight excluding hydrogens is 396 g/mol. The Bertz CT molecular complexity index is 800. The maximum absolute atomic E-state index is 12.3. The zero-order valence-electron chi connectivity index (χ0n) is 13.5. The Kier molecular flexibility index (Phi) is 4.21. The fourth-order valence-corrected chi connectivity index (χ4v) is 4.17. The molecule has 3 fully saturated rings. The third kappa shape index (κ3) is 2.55. The van der Waals surface area contributed by atoms with Crippen molar-refractivity contribution in [1.29, 1.82) is 0 Å². The molecule has 0 bridgehead atoms. The van der Waals surface area contributed by atoms with Gasteiger partial charge in [0.15, 0.2) is 0 Å². The molecule has 3 rings (SSSR count). The van der Waals surface area contributed by atoms with E-state index >= 15 is 0 Å². The summed E-state index contributed by atoms with van der Waals surface area (Å²) in [7, 11) is -8.35. The predicted molar refractivity (Wildman–Crippen MR) is 78.8 cm³/mol. The van der Waals surface area contributed by atoms with E-state index in [2.05, 4.69) is 8.57 Å². The number of imide groups is 2. The van der Waals surface area contributed by atoms with Crippen LogP contribution >= 0.6 is 0 Å². The minimum atomic E-state index is -4.18. The maximum atomic E-state index is 12.3. The highest BCUT2D eigenvalue weighted by molar-refractivity contribution is 7.86. The normalized spacial score (nSPS) is 31.3. The lowest BCUT2D eigenvalue weighted by molar-refractivity contribution is -0.169. The maximum Gasteiger partial charge on any atom is 0.288 e. The molecule has 2 heterocycles. The van der Waals surface area contributed by atoms with Crippen LogP contribution in [0.1, 0.15) is 13.8 Å². The van der Waals surface area contributed by atoms with Crippen LogP contribution in [0.2, 0.25) is 0 Å². The van der Waals surface area contributed by atoms with Gasteiger partial charge in [-0.1, -0.05) is 0 Å². The zero-order chi connectivity index (χ0) is 19.6. The molecule has 0 spiro atoms. The van der Waals surface area contributed by atoms with Crippen LogP contribution in [-0.2, 0) is 48.0 Å². The molecule has 4 amide bonds. The molecule has 14 heteroatoms. The van der Waals surface area contributed by atoms with Gasteiger partial charge in [0.25, 0.3) is 43.9 Å². The van der Waals surface area contributed by atoms with Gasteiger partial charge in [0.2, 0.25) is 0 Å². The van der Waals surface area contributed by atoms with E-state index in [1.54, 1.807) is 0 Å². The Morgan fingerprint density at radius 3 is 1.08 bits per heavy atom. The average Bonchev–Trinajstić information content (AvgIpc) is 2.84. The van der Waals surface area contributed by atoms with Gasteiger partial charge in [-0.25, -0.2) is 0 Å². The van der Waals surface area contributed by atoms with Crippen LogP contribution in [0.4, 0.5) is 0 Å². The van der Waals surface area contributed by atoms with Crippen LogP contribution in [0.3, 0.4) is 0 Å². The number of hydrogen-bond acceptors (Lipinski definition) is 10. The lowest BCUT2D eigenvalue weighted by Crippen LogP contribution is -2.50. The molecular formula is C12H14N2O10S2. The summed E-state index contributed by atoms with van der Waals surface area (Å²) < 4.78 is 54.9. The minimum Gasteiger partial charge on any atom is -0.272 e. The first-order valence-electron chi connectivity index (χ1n) is 7.56. The SMILES string of the molecule is CCS(=O)(=O)ON1C(=O)C2C(C1=O)C1C(=O)N(OS(=O)(=O)CC)C(=O)C21. The van der Waals surface area contributed by atoms with Crippen molar-refractivity contribution in [3.63, 3.8) is 0 Å². The fourth-order valence-electron chi connectivity index (χ4n) is 3.22. The molecule has 0 aromatic rings. The Hall–Kier alpha value is -1.90. The van der Waals surface area contributed by atoms with Crippen molar-refractivity contribution in [3.8, 4) is 0 Å². The van der Waals surface area contributed by atoms with Gasteiger partial charge in [0, 0.05) is 0 Å². The monoisotopic (exact) mass is 410 g/mol. The van der Waals surface area contributed by atoms with Crippen LogP contribution in [0, 0.1) is 23.7 Å². The van der Waals surface area contributed by atoms with Gasteiger partial charge in [-0.3, -0.25) is 19.2 Å². The number of nitrogens with zero attached hydrogens (tertiary/aromatic N) is 2. The number of carbonyl (C=O) groups is 4. The number of carbonyl (C=O) groups excluding carboxylic acids is 4. The lowest BCUT2D eigenvalue weighted by atomic mass is 9.59. The van der Waals surface area contributed by atoms with Crippen LogP contribution in [0.25, 0.3) is 0 Å². The molecule has 12 nitrogen and oxygen atoms in total.